The van der Waals surface area contributed by atoms with Crippen molar-refractivity contribution in [1.29, 1.82) is 0 Å². The number of likely N-dealkylation sites (tertiary alicyclic amines) is 1. The highest BCUT2D eigenvalue weighted by atomic mass is 16.5. The molecule has 2 unspecified atom stereocenters. The molecular weight excluding hydrogens is 252 g/mol. The van der Waals surface area contributed by atoms with E-state index in [4.69, 9.17) is 10.5 Å². The molecule has 0 aliphatic carbocycles. The van der Waals surface area contributed by atoms with Crippen molar-refractivity contribution in [2.24, 2.45) is 5.73 Å². The molecular formula is C15H28N4O. The first kappa shape index (κ1) is 15.5. The number of rotatable bonds is 6. The number of aromatic nitrogens is 2. The standard InChI is InChI=1S/C15H28N4O/c1-4-7-19-11-13(10-17-19)14(9-16)18-8-5-6-15(2,12-18)20-3/h10-11,14H,4-9,12,16H2,1-3H3. The van der Waals surface area contributed by atoms with Crippen LogP contribution in [0.15, 0.2) is 12.4 Å². The molecule has 1 aliphatic rings. The third-order valence-electron chi connectivity index (χ3n) is 4.34. The molecule has 0 aromatic carbocycles. The van der Waals surface area contributed by atoms with Gasteiger partial charge in [0.2, 0.25) is 0 Å². The van der Waals surface area contributed by atoms with Crippen LogP contribution >= 0.6 is 0 Å². The van der Waals surface area contributed by atoms with Gasteiger partial charge in [-0.25, -0.2) is 0 Å². The highest BCUT2D eigenvalue weighted by Crippen LogP contribution is 2.30. The molecule has 0 spiro atoms. The number of nitrogens with zero attached hydrogens (tertiary/aromatic N) is 3. The fraction of sp³-hybridized carbons (Fsp3) is 0.800. The van der Waals surface area contributed by atoms with Gasteiger partial charge in [0, 0.05) is 38.5 Å². The third kappa shape index (κ3) is 3.40. The van der Waals surface area contributed by atoms with Crippen LogP contribution in [0.2, 0.25) is 0 Å². The maximum atomic E-state index is 6.03. The lowest BCUT2D eigenvalue weighted by atomic mass is 9.92. The van der Waals surface area contributed by atoms with Gasteiger partial charge in [0.1, 0.15) is 0 Å². The lowest BCUT2D eigenvalue weighted by Gasteiger charge is -2.42. The summed E-state index contributed by atoms with van der Waals surface area (Å²) in [5, 5.41) is 4.43. The van der Waals surface area contributed by atoms with E-state index < -0.39 is 0 Å². The lowest BCUT2D eigenvalue weighted by Crippen LogP contribution is -2.49. The monoisotopic (exact) mass is 280 g/mol. The molecule has 2 heterocycles. The molecule has 114 valence electrons. The number of hydrogen-bond acceptors (Lipinski definition) is 4. The van der Waals surface area contributed by atoms with Gasteiger partial charge in [-0.15, -0.1) is 0 Å². The topological polar surface area (TPSA) is 56.3 Å². The molecule has 5 nitrogen and oxygen atoms in total. The molecule has 1 saturated heterocycles. The van der Waals surface area contributed by atoms with Gasteiger partial charge in [-0.05, 0) is 32.7 Å². The Bertz CT molecular complexity index is 420. The minimum absolute atomic E-state index is 0.0505. The van der Waals surface area contributed by atoms with Crippen LogP contribution in [0.25, 0.3) is 0 Å². The predicted molar refractivity (Wildman–Crippen MR) is 80.5 cm³/mol. The molecule has 1 aromatic heterocycles. The van der Waals surface area contributed by atoms with Crippen molar-refractivity contribution >= 4 is 0 Å². The summed E-state index contributed by atoms with van der Waals surface area (Å²) >= 11 is 0. The van der Waals surface area contributed by atoms with E-state index in [-0.39, 0.29) is 11.6 Å². The van der Waals surface area contributed by atoms with E-state index in [0.29, 0.717) is 6.54 Å². The van der Waals surface area contributed by atoms with Crippen molar-refractivity contribution in [3.8, 4) is 0 Å². The molecule has 2 N–H and O–H groups in total. The number of hydrogen-bond donors (Lipinski definition) is 1. The smallest absolute Gasteiger partial charge is 0.0777 e. The number of nitrogens with two attached hydrogens (primary N) is 1. The van der Waals surface area contributed by atoms with Crippen LogP contribution in [-0.2, 0) is 11.3 Å². The lowest BCUT2D eigenvalue weighted by molar-refractivity contribution is -0.0608. The van der Waals surface area contributed by atoms with E-state index in [0.717, 1.165) is 38.9 Å². The highest BCUT2D eigenvalue weighted by molar-refractivity contribution is 5.12. The zero-order valence-electron chi connectivity index (χ0n) is 13.0. The second-order valence-corrected chi connectivity index (χ2v) is 6.02. The van der Waals surface area contributed by atoms with E-state index in [9.17, 15) is 0 Å². The first-order valence-corrected chi connectivity index (χ1v) is 7.63. The Labute approximate surface area is 122 Å². The van der Waals surface area contributed by atoms with E-state index in [1.54, 1.807) is 7.11 Å². The summed E-state index contributed by atoms with van der Waals surface area (Å²) in [6.45, 7) is 7.96. The van der Waals surface area contributed by atoms with Crippen LogP contribution in [-0.4, -0.2) is 47.0 Å². The zero-order valence-corrected chi connectivity index (χ0v) is 13.0. The zero-order chi connectivity index (χ0) is 14.6. The van der Waals surface area contributed by atoms with Crippen LogP contribution in [0.3, 0.4) is 0 Å². The number of piperidine rings is 1. The molecule has 1 aromatic rings. The maximum Gasteiger partial charge on any atom is 0.0777 e. The Morgan fingerprint density at radius 2 is 2.35 bits per heavy atom. The van der Waals surface area contributed by atoms with Gasteiger partial charge in [-0.1, -0.05) is 6.92 Å². The summed E-state index contributed by atoms with van der Waals surface area (Å²) in [5.74, 6) is 0. The van der Waals surface area contributed by atoms with Gasteiger partial charge in [0.05, 0.1) is 17.8 Å². The molecule has 1 aliphatic heterocycles. The molecule has 2 rings (SSSR count). The van der Waals surface area contributed by atoms with Crippen molar-refractivity contribution in [3.05, 3.63) is 18.0 Å². The Balaban J connectivity index is 2.10. The van der Waals surface area contributed by atoms with Crippen LogP contribution in [0, 0.1) is 0 Å². The van der Waals surface area contributed by atoms with Crippen molar-refractivity contribution in [3.63, 3.8) is 0 Å². The number of methoxy groups -OCH3 is 1. The molecule has 0 radical (unpaired) electrons. The Kier molecular flexibility index (Phi) is 5.18. The Hall–Kier alpha value is -0.910. The van der Waals surface area contributed by atoms with E-state index in [1.165, 1.54) is 5.56 Å². The number of ether oxygens (including phenoxy) is 1. The summed E-state index contributed by atoms with van der Waals surface area (Å²) in [5.41, 5.74) is 7.20. The first-order chi connectivity index (χ1) is 9.61. The predicted octanol–water partition coefficient (Wildman–Crippen LogP) is 1.79. The van der Waals surface area contributed by atoms with Gasteiger partial charge in [0.15, 0.2) is 0 Å². The molecule has 2 atom stereocenters. The van der Waals surface area contributed by atoms with Crippen molar-refractivity contribution < 1.29 is 4.74 Å². The van der Waals surface area contributed by atoms with Crippen LogP contribution in [0.4, 0.5) is 0 Å². The average Bonchev–Trinajstić information content (AvgIpc) is 2.89. The SMILES string of the molecule is CCCn1cc(C(CN)N2CCCC(C)(OC)C2)cn1. The second-order valence-electron chi connectivity index (χ2n) is 6.02. The summed E-state index contributed by atoms with van der Waals surface area (Å²) in [4.78, 5) is 2.44. The van der Waals surface area contributed by atoms with E-state index in [1.807, 2.05) is 10.9 Å². The summed E-state index contributed by atoms with van der Waals surface area (Å²) in [7, 11) is 1.81. The maximum absolute atomic E-state index is 6.03. The summed E-state index contributed by atoms with van der Waals surface area (Å²) < 4.78 is 7.69. The molecule has 5 heteroatoms. The summed E-state index contributed by atoms with van der Waals surface area (Å²) in [6, 6.07) is 0.246. The van der Waals surface area contributed by atoms with Gasteiger partial charge in [0.25, 0.3) is 0 Å². The molecule has 0 saturated carbocycles. The van der Waals surface area contributed by atoms with Gasteiger partial charge in [-0.3, -0.25) is 9.58 Å². The van der Waals surface area contributed by atoms with Gasteiger partial charge in [-0.2, -0.15) is 5.10 Å². The van der Waals surface area contributed by atoms with E-state index in [2.05, 4.69) is 30.0 Å². The van der Waals surface area contributed by atoms with Crippen LogP contribution in [0.1, 0.15) is 44.7 Å². The van der Waals surface area contributed by atoms with Gasteiger partial charge < -0.3 is 10.5 Å². The average molecular weight is 280 g/mol. The van der Waals surface area contributed by atoms with Crippen LogP contribution in [0.5, 0.6) is 0 Å². The largest absolute Gasteiger partial charge is 0.377 e. The minimum atomic E-state index is -0.0505. The molecule has 0 bridgehead atoms. The summed E-state index contributed by atoms with van der Waals surface area (Å²) in [6.07, 6.45) is 7.47. The third-order valence-corrected chi connectivity index (χ3v) is 4.34. The normalized spacial score (nSPS) is 25.8. The fourth-order valence-electron chi connectivity index (χ4n) is 3.08. The van der Waals surface area contributed by atoms with E-state index >= 15 is 0 Å². The molecule has 0 amide bonds. The highest BCUT2D eigenvalue weighted by Gasteiger charge is 2.34. The fourth-order valence-corrected chi connectivity index (χ4v) is 3.08. The second kappa shape index (κ2) is 6.70. The molecule has 20 heavy (non-hydrogen) atoms. The van der Waals surface area contributed by atoms with Gasteiger partial charge >= 0.3 is 0 Å². The van der Waals surface area contributed by atoms with Crippen molar-refractivity contribution in [2.45, 2.75) is 51.3 Å². The van der Waals surface area contributed by atoms with Crippen LogP contribution < -0.4 is 5.73 Å². The quantitative estimate of drug-likeness (QED) is 0.863. The Morgan fingerprint density at radius 1 is 1.55 bits per heavy atom. The molecule has 1 fully saturated rings. The Morgan fingerprint density at radius 3 is 3.00 bits per heavy atom. The number of aryl methyl sites for hydroxylation is 1. The van der Waals surface area contributed by atoms with Crippen molar-refractivity contribution in [1.82, 2.24) is 14.7 Å². The first-order valence-electron chi connectivity index (χ1n) is 7.63. The van der Waals surface area contributed by atoms with Crippen molar-refractivity contribution in [2.75, 3.05) is 26.7 Å². The minimum Gasteiger partial charge on any atom is -0.377 e.